The lowest BCUT2D eigenvalue weighted by molar-refractivity contribution is 0.102. The molecule has 0 aliphatic rings. The van der Waals surface area contributed by atoms with Crippen molar-refractivity contribution in [1.29, 1.82) is 0 Å². The molecule has 0 spiro atoms. The van der Waals surface area contributed by atoms with E-state index in [2.05, 4.69) is 29.5 Å². The van der Waals surface area contributed by atoms with Crippen molar-refractivity contribution in [2.45, 2.75) is 34.2 Å². The standard InChI is InChI=1S/C14H18N8OS/c1-7-11(19-24-18-7)6-22-10(4)13(16-20-22)14(23)15-12-8(2)17-21(5)9(12)3/h6H2,1-5H3,(H,15,23). The molecule has 9 nitrogen and oxygen atoms in total. The van der Waals surface area contributed by atoms with E-state index < -0.39 is 0 Å². The molecule has 3 aromatic rings. The first-order valence-electron chi connectivity index (χ1n) is 7.38. The van der Waals surface area contributed by atoms with Crippen molar-refractivity contribution in [3.05, 3.63) is 34.2 Å². The average molecular weight is 346 g/mol. The van der Waals surface area contributed by atoms with Crippen molar-refractivity contribution in [2.24, 2.45) is 7.05 Å². The summed E-state index contributed by atoms with van der Waals surface area (Å²) in [5, 5.41) is 15.3. The molecule has 1 N–H and O–H groups in total. The fourth-order valence-electron chi connectivity index (χ4n) is 2.38. The lowest BCUT2D eigenvalue weighted by Crippen LogP contribution is -2.15. The quantitative estimate of drug-likeness (QED) is 0.766. The van der Waals surface area contributed by atoms with Crippen LogP contribution in [0.4, 0.5) is 5.69 Å². The van der Waals surface area contributed by atoms with E-state index in [0.29, 0.717) is 23.6 Å². The third-order valence-electron chi connectivity index (χ3n) is 3.99. The first-order chi connectivity index (χ1) is 11.4. The Morgan fingerprint density at radius 3 is 2.46 bits per heavy atom. The summed E-state index contributed by atoms with van der Waals surface area (Å²) in [5.74, 6) is -0.300. The summed E-state index contributed by atoms with van der Waals surface area (Å²) in [7, 11) is 1.84. The SMILES string of the molecule is Cc1nsnc1Cn1nnc(C(=O)Nc2c(C)nn(C)c2C)c1C. The van der Waals surface area contributed by atoms with Crippen molar-refractivity contribution in [1.82, 2.24) is 33.5 Å². The van der Waals surface area contributed by atoms with Crippen molar-refractivity contribution in [2.75, 3.05) is 5.32 Å². The van der Waals surface area contributed by atoms with Crippen LogP contribution in [0.25, 0.3) is 0 Å². The lowest BCUT2D eigenvalue weighted by Gasteiger charge is -2.05. The highest BCUT2D eigenvalue weighted by atomic mass is 32.1. The third kappa shape index (κ3) is 2.80. The molecule has 0 unspecified atom stereocenters. The number of aromatic nitrogens is 7. The van der Waals surface area contributed by atoms with Gasteiger partial charge in [0.1, 0.15) is 0 Å². The molecule has 0 bridgehead atoms. The van der Waals surface area contributed by atoms with E-state index in [9.17, 15) is 4.79 Å². The Kier molecular flexibility index (Phi) is 4.14. The summed E-state index contributed by atoms with van der Waals surface area (Å²) in [4.78, 5) is 12.5. The molecule has 3 rings (SSSR count). The Balaban J connectivity index is 1.82. The molecule has 0 fully saturated rings. The summed E-state index contributed by atoms with van der Waals surface area (Å²) < 4.78 is 11.8. The van der Waals surface area contributed by atoms with Gasteiger partial charge in [0.25, 0.3) is 5.91 Å². The maximum Gasteiger partial charge on any atom is 0.278 e. The van der Waals surface area contributed by atoms with Crippen LogP contribution in [0.5, 0.6) is 0 Å². The predicted molar refractivity (Wildman–Crippen MR) is 89.1 cm³/mol. The fraction of sp³-hybridized carbons (Fsp3) is 0.429. The van der Waals surface area contributed by atoms with E-state index in [1.54, 1.807) is 9.36 Å². The molecule has 0 aromatic carbocycles. The minimum Gasteiger partial charge on any atom is -0.317 e. The molecule has 0 aliphatic heterocycles. The van der Waals surface area contributed by atoms with Gasteiger partial charge in [-0.2, -0.15) is 13.8 Å². The van der Waals surface area contributed by atoms with E-state index in [1.165, 1.54) is 0 Å². The summed E-state index contributed by atoms with van der Waals surface area (Å²) in [6, 6.07) is 0. The highest BCUT2D eigenvalue weighted by Gasteiger charge is 2.20. The number of rotatable bonds is 4. The highest BCUT2D eigenvalue weighted by Crippen LogP contribution is 2.19. The number of carbonyl (C=O) groups excluding carboxylic acids is 1. The Morgan fingerprint density at radius 1 is 1.12 bits per heavy atom. The Morgan fingerprint density at radius 2 is 1.88 bits per heavy atom. The number of carbonyl (C=O) groups is 1. The van der Waals surface area contributed by atoms with Crippen molar-refractivity contribution in [3.63, 3.8) is 0 Å². The molecule has 10 heteroatoms. The highest BCUT2D eigenvalue weighted by molar-refractivity contribution is 6.99. The second-order valence-electron chi connectivity index (χ2n) is 5.60. The van der Waals surface area contributed by atoms with Gasteiger partial charge in [-0.25, -0.2) is 4.68 Å². The molecule has 3 heterocycles. The van der Waals surface area contributed by atoms with Gasteiger partial charge in [-0.05, 0) is 27.7 Å². The van der Waals surface area contributed by atoms with Crippen LogP contribution in [0.3, 0.4) is 0 Å². The molecular formula is C14H18N8OS. The summed E-state index contributed by atoms with van der Waals surface area (Å²) in [5.41, 5.74) is 5.02. The Bertz CT molecular complexity index is 906. The molecule has 1 amide bonds. The van der Waals surface area contributed by atoms with Crippen LogP contribution >= 0.6 is 11.7 Å². The van der Waals surface area contributed by atoms with Crippen molar-refractivity contribution >= 4 is 23.3 Å². The van der Waals surface area contributed by atoms with Crippen LogP contribution in [0, 0.1) is 27.7 Å². The van der Waals surface area contributed by atoms with Gasteiger partial charge in [0.05, 0.1) is 52.4 Å². The first-order valence-corrected chi connectivity index (χ1v) is 8.11. The van der Waals surface area contributed by atoms with Gasteiger partial charge in [0.15, 0.2) is 5.69 Å². The maximum absolute atomic E-state index is 12.5. The number of hydrogen-bond donors (Lipinski definition) is 1. The summed E-state index contributed by atoms with van der Waals surface area (Å²) in [6.45, 7) is 7.90. The van der Waals surface area contributed by atoms with Gasteiger partial charge in [-0.15, -0.1) is 5.10 Å². The zero-order chi connectivity index (χ0) is 17.4. The smallest absolute Gasteiger partial charge is 0.278 e. The van der Waals surface area contributed by atoms with Gasteiger partial charge in [-0.3, -0.25) is 9.48 Å². The van der Waals surface area contributed by atoms with Crippen LogP contribution in [-0.4, -0.2) is 39.4 Å². The molecule has 0 radical (unpaired) electrons. The number of aryl methyl sites for hydroxylation is 3. The number of nitrogens with one attached hydrogen (secondary N) is 1. The van der Waals surface area contributed by atoms with Gasteiger partial charge in [0, 0.05) is 7.05 Å². The van der Waals surface area contributed by atoms with E-state index in [1.807, 2.05) is 34.7 Å². The van der Waals surface area contributed by atoms with Crippen LogP contribution in [0.1, 0.15) is 39.0 Å². The molecular weight excluding hydrogens is 328 g/mol. The van der Waals surface area contributed by atoms with E-state index in [4.69, 9.17) is 0 Å². The number of amides is 1. The predicted octanol–water partition coefficient (Wildman–Crippen LogP) is 1.40. The minimum atomic E-state index is -0.300. The summed E-state index contributed by atoms with van der Waals surface area (Å²) in [6.07, 6.45) is 0. The largest absolute Gasteiger partial charge is 0.317 e. The van der Waals surface area contributed by atoms with Gasteiger partial charge in [0.2, 0.25) is 0 Å². The summed E-state index contributed by atoms with van der Waals surface area (Å²) >= 11 is 1.16. The zero-order valence-corrected chi connectivity index (χ0v) is 15.0. The third-order valence-corrected chi connectivity index (χ3v) is 4.65. The Hall–Kier alpha value is -2.62. The number of hydrogen-bond acceptors (Lipinski definition) is 7. The second kappa shape index (κ2) is 6.11. The van der Waals surface area contributed by atoms with E-state index >= 15 is 0 Å². The molecule has 0 saturated heterocycles. The van der Waals surface area contributed by atoms with E-state index in [-0.39, 0.29) is 5.91 Å². The molecule has 24 heavy (non-hydrogen) atoms. The molecule has 126 valence electrons. The van der Waals surface area contributed by atoms with Gasteiger partial charge >= 0.3 is 0 Å². The average Bonchev–Trinajstić information content (AvgIpc) is 3.17. The number of nitrogens with zero attached hydrogens (tertiary/aromatic N) is 7. The van der Waals surface area contributed by atoms with Gasteiger partial charge < -0.3 is 5.32 Å². The normalized spacial score (nSPS) is 11.0. The van der Waals surface area contributed by atoms with Crippen molar-refractivity contribution in [3.8, 4) is 0 Å². The van der Waals surface area contributed by atoms with Crippen LogP contribution in [0.15, 0.2) is 0 Å². The molecule has 0 aliphatic carbocycles. The zero-order valence-electron chi connectivity index (χ0n) is 14.2. The number of anilines is 1. The topological polar surface area (TPSA) is 103 Å². The molecule has 3 aromatic heterocycles. The molecule has 0 atom stereocenters. The molecule has 0 saturated carbocycles. The fourth-order valence-corrected chi connectivity index (χ4v) is 2.94. The Labute approximate surface area is 143 Å². The maximum atomic E-state index is 12.5. The lowest BCUT2D eigenvalue weighted by atomic mass is 10.2. The van der Waals surface area contributed by atoms with Gasteiger partial charge in [-0.1, -0.05) is 5.21 Å². The monoisotopic (exact) mass is 346 g/mol. The first kappa shape index (κ1) is 16.2. The van der Waals surface area contributed by atoms with E-state index in [0.717, 1.165) is 34.5 Å². The van der Waals surface area contributed by atoms with Crippen LogP contribution in [-0.2, 0) is 13.6 Å². The second-order valence-corrected chi connectivity index (χ2v) is 6.13. The van der Waals surface area contributed by atoms with Crippen LogP contribution in [0.2, 0.25) is 0 Å². The van der Waals surface area contributed by atoms with Crippen molar-refractivity contribution < 1.29 is 4.79 Å². The minimum absolute atomic E-state index is 0.290. The van der Waals surface area contributed by atoms with Crippen LogP contribution < -0.4 is 5.32 Å².